The Bertz CT molecular complexity index is 948. The summed E-state index contributed by atoms with van der Waals surface area (Å²) >= 11 is 0. The minimum Gasteiger partial charge on any atom is -0.493 e. The van der Waals surface area contributed by atoms with E-state index in [1.54, 1.807) is 18.2 Å². The van der Waals surface area contributed by atoms with E-state index in [0.29, 0.717) is 48.0 Å². The lowest BCUT2D eigenvalue weighted by Crippen LogP contribution is -2.28. The molecule has 29 heavy (non-hydrogen) atoms. The Morgan fingerprint density at radius 3 is 2.83 bits per heavy atom. The van der Waals surface area contributed by atoms with E-state index in [0.717, 1.165) is 11.1 Å². The van der Waals surface area contributed by atoms with Crippen LogP contribution in [0.5, 0.6) is 17.2 Å². The molecule has 1 aliphatic rings. The Morgan fingerprint density at radius 2 is 2.07 bits per heavy atom. The van der Waals surface area contributed by atoms with Crippen LogP contribution in [-0.4, -0.2) is 38.6 Å². The molecule has 1 aliphatic heterocycles. The second-order valence-electron chi connectivity index (χ2n) is 6.70. The number of methoxy groups -OCH3 is 1. The van der Waals surface area contributed by atoms with Crippen LogP contribution in [0.15, 0.2) is 42.0 Å². The zero-order valence-electron chi connectivity index (χ0n) is 16.9. The zero-order chi connectivity index (χ0) is 20.8. The number of hydrogen-bond donors (Lipinski definition) is 1. The molecule has 3 rings (SSSR count). The lowest BCUT2D eigenvalue weighted by molar-refractivity contribution is -0.123. The summed E-state index contributed by atoms with van der Waals surface area (Å²) < 4.78 is 16.8. The SMILES string of the molecule is CCNC(=O)COc1ccc(/C=C2/CCOc3c(C)cccc3C2=O)cc1OC. The summed E-state index contributed by atoms with van der Waals surface area (Å²) in [5.41, 5.74) is 3.02. The van der Waals surface area contributed by atoms with E-state index in [1.165, 1.54) is 7.11 Å². The Labute approximate surface area is 170 Å². The van der Waals surface area contributed by atoms with Crippen molar-refractivity contribution in [2.24, 2.45) is 0 Å². The van der Waals surface area contributed by atoms with Gasteiger partial charge in [0, 0.05) is 18.5 Å². The number of ether oxygens (including phenoxy) is 3. The number of ketones is 1. The van der Waals surface area contributed by atoms with Gasteiger partial charge in [-0.1, -0.05) is 18.2 Å². The summed E-state index contributed by atoms with van der Waals surface area (Å²) in [7, 11) is 1.54. The van der Waals surface area contributed by atoms with Crippen molar-refractivity contribution in [1.82, 2.24) is 5.32 Å². The number of nitrogens with one attached hydrogen (secondary N) is 1. The number of aryl methyl sites for hydroxylation is 1. The van der Waals surface area contributed by atoms with Gasteiger partial charge in [-0.3, -0.25) is 9.59 Å². The quantitative estimate of drug-likeness (QED) is 0.757. The number of rotatable bonds is 6. The molecular formula is C23H25NO5. The molecule has 0 fully saturated rings. The summed E-state index contributed by atoms with van der Waals surface area (Å²) in [6.45, 7) is 4.69. The third-order valence-electron chi connectivity index (χ3n) is 4.63. The van der Waals surface area contributed by atoms with Crippen molar-refractivity contribution in [3.8, 4) is 17.2 Å². The summed E-state index contributed by atoms with van der Waals surface area (Å²) in [5, 5.41) is 2.68. The third-order valence-corrected chi connectivity index (χ3v) is 4.63. The molecule has 0 saturated carbocycles. The Balaban J connectivity index is 1.84. The maximum absolute atomic E-state index is 13.0. The first-order valence-corrected chi connectivity index (χ1v) is 9.58. The Morgan fingerprint density at radius 1 is 1.24 bits per heavy atom. The van der Waals surface area contributed by atoms with Crippen molar-refractivity contribution >= 4 is 17.8 Å². The van der Waals surface area contributed by atoms with Crippen molar-refractivity contribution in [3.63, 3.8) is 0 Å². The van der Waals surface area contributed by atoms with Gasteiger partial charge in [0.05, 0.1) is 19.3 Å². The number of hydrogen-bond acceptors (Lipinski definition) is 5. The summed E-state index contributed by atoms with van der Waals surface area (Å²) in [5.74, 6) is 1.40. The van der Waals surface area contributed by atoms with E-state index in [-0.39, 0.29) is 18.3 Å². The zero-order valence-corrected chi connectivity index (χ0v) is 16.9. The average Bonchev–Trinajstić information content (AvgIpc) is 2.87. The standard InChI is InChI=1S/C23H25NO5/c1-4-24-21(25)14-29-19-9-8-16(13-20(19)27-3)12-17-10-11-28-23-15(2)6-5-7-18(23)22(17)26/h5-9,12-13H,4,10-11,14H2,1-3H3,(H,24,25)/b17-12-. The van der Waals surface area contributed by atoms with Gasteiger partial charge >= 0.3 is 0 Å². The van der Waals surface area contributed by atoms with Crippen LogP contribution in [0.3, 0.4) is 0 Å². The maximum Gasteiger partial charge on any atom is 0.257 e. The van der Waals surface area contributed by atoms with E-state index < -0.39 is 0 Å². The second kappa shape index (κ2) is 9.28. The van der Waals surface area contributed by atoms with Crippen molar-refractivity contribution < 1.29 is 23.8 Å². The van der Waals surface area contributed by atoms with Gasteiger partial charge in [0.1, 0.15) is 5.75 Å². The number of para-hydroxylation sites is 1. The highest BCUT2D eigenvalue weighted by Gasteiger charge is 2.22. The first kappa shape index (κ1) is 20.5. The van der Waals surface area contributed by atoms with Crippen LogP contribution in [0.25, 0.3) is 6.08 Å². The predicted octanol–water partition coefficient (Wildman–Crippen LogP) is 3.57. The van der Waals surface area contributed by atoms with Crippen LogP contribution >= 0.6 is 0 Å². The second-order valence-corrected chi connectivity index (χ2v) is 6.70. The lowest BCUT2D eigenvalue weighted by Gasteiger charge is -2.11. The van der Waals surface area contributed by atoms with Crippen molar-refractivity contribution in [2.45, 2.75) is 20.3 Å². The van der Waals surface area contributed by atoms with Crippen molar-refractivity contribution in [2.75, 3.05) is 26.9 Å². The van der Waals surface area contributed by atoms with Gasteiger partial charge in [-0.2, -0.15) is 0 Å². The van der Waals surface area contributed by atoms with Gasteiger partial charge in [-0.15, -0.1) is 0 Å². The highest BCUT2D eigenvalue weighted by molar-refractivity contribution is 6.13. The molecule has 2 aromatic rings. The smallest absolute Gasteiger partial charge is 0.257 e. The molecule has 0 aliphatic carbocycles. The van der Waals surface area contributed by atoms with Gasteiger partial charge in [0.2, 0.25) is 0 Å². The molecule has 0 unspecified atom stereocenters. The number of carbonyl (C=O) groups excluding carboxylic acids is 2. The highest BCUT2D eigenvalue weighted by atomic mass is 16.5. The van der Waals surface area contributed by atoms with E-state index in [4.69, 9.17) is 14.2 Å². The van der Waals surface area contributed by atoms with Gasteiger partial charge in [-0.25, -0.2) is 0 Å². The molecule has 1 amide bonds. The first-order valence-electron chi connectivity index (χ1n) is 9.58. The van der Waals surface area contributed by atoms with E-state index in [9.17, 15) is 9.59 Å². The van der Waals surface area contributed by atoms with Gasteiger partial charge < -0.3 is 19.5 Å². The molecule has 0 radical (unpaired) electrons. The number of fused-ring (bicyclic) bond motifs is 1. The van der Waals surface area contributed by atoms with Crippen molar-refractivity contribution in [1.29, 1.82) is 0 Å². The molecule has 0 saturated heterocycles. The highest BCUT2D eigenvalue weighted by Crippen LogP contribution is 2.32. The molecule has 1 N–H and O–H groups in total. The normalized spacial score (nSPS) is 14.6. The maximum atomic E-state index is 13.0. The molecule has 0 bridgehead atoms. The van der Waals surface area contributed by atoms with Gasteiger partial charge in [0.25, 0.3) is 5.91 Å². The van der Waals surface area contributed by atoms with Crippen LogP contribution in [0.4, 0.5) is 0 Å². The summed E-state index contributed by atoms with van der Waals surface area (Å²) in [6, 6.07) is 10.9. The fourth-order valence-corrected chi connectivity index (χ4v) is 3.20. The Kier molecular flexibility index (Phi) is 6.54. The fraction of sp³-hybridized carbons (Fsp3) is 0.304. The van der Waals surface area contributed by atoms with Crippen LogP contribution in [0, 0.1) is 6.92 Å². The summed E-state index contributed by atoms with van der Waals surface area (Å²) in [4.78, 5) is 24.6. The Hall–Kier alpha value is -3.28. The molecular weight excluding hydrogens is 370 g/mol. The van der Waals surface area contributed by atoms with Crippen LogP contribution < -0.4 is 19.5 Å². The third kappa shape index (κ3) is 4.77. The largest absolute Gasteiger partial charge is 0.493 e. The minimum atomic E-state index is -0.196. The monoisotopic (exact) mass is 395 g/mol. The first-order chi connectivity index (χ1) is 14.0. The van der Waals surface area contributed by atoms with E-state index >= 15 is 0 Å². The number of Topliss-reactive ketones (excluding diaryl/α,β-unsaturated/α-hetero) is 1. The molecule has 0 spiro atoms. The summed E-state index contributed by atoms with van der Waals surface area (Å²) in [6.07, 6.45) is 2.37. The van der Waals surface area contributed by atoms with E-state index in [2.05, 4.69) is 5.32 Å². The number of carbonyl (C=O) groups is 2. The van der Waals surface area contributed by atoms with Gasteiger partial charge in [0.15, 0.2) is 23.9 Å². The number of amides is 1. The van der Waals surface area contributed by atoms with Crippen LogP contribution in [0.1, 0.15) is 34.8 Å². The minimum absolute atomic E-state index is 0.0308. The van der Waals surface area contributed by atoms with Crippen molar-refractivity contribution in [3.05, 3.63) is 58.7 Å². The lowest BCUT2D eigenvalue weighted by atomic mass is 9.97. The molecule has 1 heterocycles. The topological polar surface area (TPSA) is 73.9 Å². The number of benzene rings is 2. The molecule has 0 atom stereocenters. The van der Waals surface area contributed by atoms with Crippen LogP contribution in [0.2, 0.25) is 0 Å². The van der Waals surface area contributed by atoms with Crippen LogP contribution in [-0.2, 0) is 4.79 Å². The van der Waals surface area contributed by atoms with E-state index in [1.807, 2.05) is 38.1 Å². The van der Waals surface area contributed by atoms with Gasteiger partial charge in [-0.05, 0) is 49.2 Å². The number of likely N-dealkylation sites (N-methyl/N-ethyl adjacent to an activating group) is 1. The predicted molar refractivity (Wildman–Crippen MR) is 111 cm³/mol. The fourth-order valence-electron chi connectivity index (χ4n) is 3.20. The molecule has 2 aromatic carbocycles. The average molecular weight is 395 g/mol. The molecule has 6 nitrogen and oxygen atoms in total. The molecule has 0 aromatic heterocycles. The molecule has 6 heteroatoms. The molecule has 152 valence electrons.